The number of allylic oxidation sites excluding steroid dienone is 1. The fraction of sp³-hybridized carbons (Fsp3) is 0.241. The van der Waals surface area contributed by atoms with Crippen molar-refractivity contribution in [3.8, 4) is 11.5 Å². The number of aryl methyl sites for hydroxylation is 1. The molecule has 0 amide bonds. The summed E-state index contributed by atoms with van der Waals surface area (Å²) < 4.78 is 11.0. The van der Waals surface area contributed by atoms with E-state index in [1.807, 2.05) is 53.4 Å². The lowest BCUT2D eigenvalue weighted by Gasteiger charge is -2.26. The number of nitrogens with zero attached hydrogens (tertiary/aromatic N) is 1. The van der Waals surface area contributed by atoms with Gasteiger partial charge in [0.2, 0.25) is 0 Å². The first-order chi connectivity index (χ1) is 17.1. The molecule has 1 atom stereocenters. The molecule has 0 radical (unpaired) electrons. The molecule has 6 nitrogen and oxygen atoms in total. The van der Waals surface area contributed by atoms with E-state index < -0.39 is 6.04 Å². The molecule has 0 saturated carbocycles. The van der Waals surface area contributed by atoms with E-state index >= 15 is 0 Å². The van der Waals surface area contributed by atoms with Gasteiger partial charge < -0.3 is 19.7 Å². The highest BCUT2D eigenvalue weighted by molar-refractivity contribution is 6.35. The van der Waals surface area contributed by atoms with Gasteiger partial charge in [-0.3, -0.25) is 10.2 Å². The molecule has 1 fully saturated rings. The van der Waals surface area contributed by atoms with Crippen LogP contribution in [0, 0.1) is 5.41 Å². The molecule has 1 unspecified atom stereocenters. The summed E-state index contributed by atoms with van der Waals surface area (Å²) in [7, 11) is 3.20. The van der Waals surface area contributed by atoms with Crippen molar-refractivity contribution in [2.24, 2.45) is 0 Å². The minimum atomic E-state index is -0.462. The average Bonchev–Trinajstić information content (AvgIpc) is 3.42. The number of para-hydroxylation sites is 1. The molecule has 1 saturated heterocycles. The van der Waals surface area contributed by atoms with Gasteiger partial charge in [0.1, 0.15) is 17.3 Å². The fourth-order valence-electron chi connectivity index (χ4n) is 4.96. The smallest absolute Gasteiger partial charge is 0.191 e. The number of carbonyl (C=O) groups excluding carboxylic acids is 1. The predicted octanol–water partition coefficient (Wildman–Crippen LogP) is 5.38. The number of Topliss-reactive ketones (excluding diaryl/α,β-unsaturated/α-hetero) is 1. The molecule has 0 bridgehead atoms. The van der Waals surface area contributed by atoms with E-state index in [9.17, 15) is 4.79 Å². The fourth-order valence-corrected chi connectivity index (χ4v) is 4.96. The Bertz CT molecular complexity index is 1250. The summed E-state index contributed by atoms with van der Waals surface area (Å²) >= 11 is 0. The van der Waals surface area contributed by atoms with Crippen molar-refractivity contribution in [3.63, 3.8) is 0 Å². The molecule has 5 rings (SSSR count). The first kappa shape index (κ1) is 22.7. The number of ether oxygens (including phenoxy) is 2. The quantitative estimate of drug-likeness (QED) is 0.456. The van der Waals surface area contributed by atoms with Crippen molar-refractivity contribution in [1.82, 2.24) is 0 Å². The van der Waals surface area contributed by atoms with Gasteiger partial charge in [0.05, 0.1) is 31.5 Å². The molecule has 178 valence electrons. The molecule has 2 aliphatic rings. The molecule has 35 heavy (non-hydrogen) atoms. The van der Waals surface area contributed by atoms with Crippen LogP contribution in [0.15, 0.2) is 84.1 Å². The minimum Gasteiger partial charge on any atom is -0.497 e. The zero-order valence-electron chi connectivity index (χ0n) is 20.0. The summed E-state index contributed by atoms with van der Waals surface area (Å²) in [5, 5.41) is 12.5. The Kier molecular flexibility index (Phi) is 6.27. The number of hydrogen-bond donors (Lipinski definition) is 2. The SMILES string of the molecule is COc1cc(OC)cc(N2C(=N)C(=C3Cc4ccccc4N3)C(=O)C2CCCc2ccccc2)c1. The number of benzene rings is 3. The zero-order chi connectivity index (χ0) is 24.4. The number of nitrogens with one attached hydrogen (secondary N) is 2. The largest absolute Gasteiger partial charge is 0.497 e. The third-order valence-corrected chi connectivity index (χ3v) is 6.71. The number of carbonyl (C=O) groups is 1. The van der Waals surface area contributed by atoms with Crippen LogP contribution in [0.25, 0.3) is 0 Å². The monoisotopic (exact) mass is 467 g/mol. The Hall–Kier alpha value is -4.06. The lowest BCUT2D eigenvalue weighted by Crippen LogP contribution is -2.35. The van der Waals surface area contributed by atoms with Crippen molar-refractivity contribution in [2.45, 2.75) is 31.7 Å². The molecule has 2 N–H and O–H groups in total. The predicted molar refractivity (Wildman–Crippen MR) is 139 cm³/mol. The number of methoxy groups -OCH3 is 2. The van der Waals surface area contributed by atoms with E-state index in [-0.39, 0.29) is 11.6 Å². The van der Waals surface area contributed by atoms with Gasteiger partial charge >= 0.3 is 0 Å². The third-order valence-electron chi connectivity index (χ3n) is 6.71. The molecule has 0 aromatic heterocycles. The molecule has 6 heteroatoms. The zero-order valence-corrected chi connectivity index (χ0v) is 20.0. The first-order valence-corrected chi connectivity index (χ1v) is 11.9. The maximum absolute atomic E-state index is 13.8. The molecular formula is C29H29N3O3. The van der Waals surface area contributed by atoms with Crippen molar-refractivity contribution in [3.05, 3.63) is 95.2 Å². The van der Waals surface area contributed by atoms with Crippen molar-refractivity contribution >= 4 is 23.0 Å². The van der Waals surface area contributed by atoms with Crippen molar-refractivity contribution < 1.29 is 14.3 Å². The molecule has 0 spiro atoms. The number of rotatable bonds is 7. The number of anilines is 2. The van der Waals surface area contributed by atoms with Gasteiger partial charge in [-0.05, 0) is 36.5 Å². The van der Waals surface area contributed by atoms with E-state index in [4.69, 9.17) is 14.9 Å². The maximum atomic E-state index is 13.8. The number of amidine groups is 1. The van der Waals surface area contributed by atoms with Crippen molar-refractivity contribution in [1.29, 1.82) is 5.41 Å². The van der Waals surface area contributed by atoms with E-state index in [1.54, 1.807) is 20.3 Å². The second-order valence-corrected chi connectivity index (χ2v) is 8.86. The second-order valence-electron chi connectivity index (χ2n) is 8.86. The van der Waals surface area contributed by atoms with Gasteiger partial charge in [0, 0.05) is 36.0 Å². The minimum absolute atomic E-state index is 0.0137. The highest BCUT2D eigenvalue weighted by Gasteiger charge is 2.43. The Morgan fingerprint density at radius 3 is 2.34 bits per heavy atom. The Morgan fingerprint density at radius 1 is 0.971 bits per heavy atom. The Balaban J connectivity index is 1.50. The van der Waals surface area contributed by atoms with Gasteiger partial charge in [0.15, 0.2) is 5.78 Å². The summed E-state index contributed by atoms with van der Waals surface area (Å²) in [5.74, 6) is 1.44. The van der Waals surface area contributed by atoms with E-state index in [0.717, 1.165) is 35.5 Å². The van der Waals surface area contributed by atoms with Gasteiger partial charge in [-0.1, -0.05) is 48.5 Å². The lowest BCUT2D eigenvalue weighted by atomic mass is 9.99. The van der Waals surface area contributed by atoms with Crippen LogP contribution in [-0.4, -0.2) is 31.9 Å². The molecule has 3 aromatic carbocycles. The van der Waals surface area contributed by atoms with Crippen LogP contribution in [0.4, 0.5) is 11.4 Å². The molecule has 2 heterocycles. The highest BCUT2D eigenvalue weighted by atomic mass is 16.5. The number of hydrogen-bond acceptors (Lipinski definition) is 5. The van der Waals surface area contributed by atoms with Crippen molar-refractivity contribution in [2.75, 3.05) is 24.4 Å². The van der Waals surface area contributed by atoms with E-state index in [1.165, 1.54) is 5.56 Å². The van der Waals surface area contributed by atoms with Crippen LogP contribution in [0.1, 0.15) is 24.0 Å². The van der Waals surface area contributed by atoms with Gasteiger partial charge in [-0.25, -0.2) is 0 Å². The molecule has 3 aromatic rings. The maximum Gasteiger partial charge on any atom is 0.191 e. The van der Waals surface area contributed by atoms with Crippen LogP contribution >= 0.6 is 0 Å². The number of fused-ring (bicyclic) bond motifs is 1. The normalized spacial score (nSPS) is 19.0. The summed E-state index contributed by atoms with van der Waals surface area (Å²) in [4.78, 5) is 15.7. The Labute approximate surface area is 205 Å². The second kappa shape index (κ2) is 9.66. The third kappa shape index (κ3) is 4.39. The van der Waals surface area contributed by atoms with Crippen LogP contribution in [0.3, 0.4) is 0 Å². The molecule has 2 aliphatic heterocycles. The van der Waals surface area contributed by atoms with Gasteiger partial charge in [-0.15, -0.1) is 0 Å². The van der Waals surface area contributed by atoms with Crippen LogP contribution in [-0.2, 0) is 17.6 Å². The molecular weight excluding hydrogens is 438 g/mol. The first-order valence-electron chi connectivity index (χ1n) is 11.9. The van der Waals surface area contributed by atoms with Gasteiger partial charge in [-0.2, -0.15) is 0 Å². The standard InChI is InChI=1S/C29H29N3O3/c1-34-22-16-21(17-23(18-22)35-2)32-26(14-8-11-19-9-4-3-5-10-19)28(33)27(29(32)30)25-15-20-12-6-7-13-24(20)31-25/h3-7,9-10,12-13,16-18,26,30-31H,8,11,14-15H2,1-2H3. The summed E-state index contributed by atoms with van der Waals surface area (Å²) in [6, 6.07) is 23.4. The Morgan fingerprint density at radius 2 is 1.66 bits per heavy atom. The lowest BCUT2D eigenvalue weighted by molar-refractivity contribution is -0.115. The molecule has 0 aliphatic carbocycles. The van der Waals surface area contributed by atoms with E-state index in [2.05, 4.69) is 23.5 Å². The van der Waals surface area contributed by atoms with E-state index in [0.29, 0.717) is 29.9 Å². The summed E-state index contributed by atoms with van der Waals surface area (Å²) in [6.45, 7) is 0. The number of ketones is 1. The summed E-state index contributed by atoms with van der Waals surface area (Å²) in [6.07, 6.45) is 2.97. The van der Waals surface area contributed by atoms with Crippen LogP contribution in [0.5, 0.6) is 11.5 Å². The van der Waals surface area contributed by atoms with Gasteiger partial charge in [0.25, 0.3) is 0 Å². The summed E-state index contributed by atoms with van der Waals surface area (Å²) in [5.41, 5.74) is 5.36. The highest BCUT2D eigenvalue weighted by Crippen LogP contribution is 2.38. The topological polar surface area (TPSA) is 74.7 Å². The van der Waals surface area contributed by atoms with Crippen LogP contribution < -0.4 is 19.7 Å². The average molecular weight is 468 g/mol. The van der Waals surface area contributed by atoms with Crippen LogP contribution in [0.2, 0.25) is 0 Å².